The average molecular weight is 457 g/mol. The number of hydrogen-bond acceptors (Lipinski definition) is 6. The van der Waals surface area contributed by atoms with Gasteiger partial charge in [-0.2, -0.15) is 10.4 Å². The number of carbonyl (C=O) groups is 1. The molecular weight excluding hydrogens is 428 g/mol. The molecule has 0 N–H and O–H groups in total. The van der Waals surface area contributed by atoms with Crippen molar-refractivity contribution >= 4 is 17.2 Å². The predicted molar refractivity (Wildman–Crippen MR) is 130 cm³/mol. The first-order valence-corrected chi connectivity index (χ1v) is 11.6. The fraction of sp³-hybridized carbons (Fsp3) is 0.385. The molecule has 3 aromatic heterocycles. The molecular formula is C26H28N6O2. The van der Waals surface area contributed by atoms with Gasteiger partial charge in [0.15, 0.2) is 0 Å². The lowest BCUT2D eigenvalue weighted by Gasteiger charge is -2.25. The number of nitrogens with zero attached hydrogens (tertiary/aromatic N) is 6. The third-order valence-corrected chi connectivity index (χ3v) is 6.93. The molecule has 5 rings (SSSR count). The van der Waals surface area contributed by atoms with Crippen LogP contribution in [0, 0.1) is 16.7 Å². The maximum atomic E-state index is 12.4. The van der Waals surface area contributed by atoms with Gasteiger partial charge < -0.3 is 14.5 Å². The molecule has 1 spiro atoms. The number of amides is 1. The van der Waals surface area contributed by atoms with E-state index in [4.69, 9.17) is 9.72 Å². The Morgan fingerprint density at radius 3 is 2.79 bits per heavy atom. The van der Waals surface area contributed by atoms with Crippen molar-refractivity contribution in [1.82, 2.24) is 19.5 Å². The number of anilines is 1. The first-order valence-electron chi connectivity index (χ1n) is 11.6. The molecule has 174 valence electrons. The molecule has 8 heteroatoms. The van der Waals surface area contributed by atoms with Crippen LogP contribution in [0.15, 0.2) is 48.9 Å². The van der Waals surface area contributed by atoms with Gasteiger partial charge in [0.1, 0.15) is 17.6 Å². The number of fused-ring (bicyclic) bond motifs is 1. The van der Waals surface area contributed by atoms with Crippen LogP contribution in [0.25, 0.3) is 16.6 Å². The summed E-state index contributed by atoms with van der Waals surface area (Å²) >= 11 is 0. The Kier molecular flexibility index (Phi) is 5.48. The Labute approximate surface area is 199 Å². The molecule has 2 aliphatic rings. The van der Waals surface area contributed by atoms with E-state index in [2.05, 4.69) is 22.6 Å². The fourth-order valence-corrected chi connectivity index (χ4v) is 5.22. The van der Waals surface area contributed by atoms with Gasteiger partial charge in [-0.15, -0.1) is 0 Å². The normalized spacial score (nSPS) is 19.7. The Bertz CT molecular complexity index is 1310. The van der Waals surface area contributed by atoms with E-state index in [1.165, 1.54) is 0 Å². The molecule has 0 aromatic carbocycles. The first-order chi connectivity index (χ1) is 16.4. The predicted octanol–water partition coefficient (Wildman–Crippen LogP) is 3.67. The summed E-state index contributed by atoms with van der Waals surface area (Å²) in [4.78, 5) is 21.4. The van der Waals surface area contributed by atoms with Gasteiger partial charge in [0.2, 0.25) is 5.91 Å². The van der Waals surface area contributed by atoms with Crippen molar-refractivity contribution in [1.29, 1.82) is 5.26 Å². The van der Waals surface area contributed by atoms with Gasteiger partial charge in [0.25, 0.3) is 0 Å². The van der Waals surface area contributed by atoms with Crippen LogP contribution in [0.4, 0.5) is 5.82 Å². The third-order valence-electron chi connectivity index (χ3n) is 6.93. The minimum Gasteiger partial charge on any atom is -0.492 e. The summed E-state index contributed by atoms with van der Waals surface area (Å²) in [6.07, 6.45) is 7.28. The van der Waals surface area contributed by atoms with Crippen LogP contribution in [0.2, 0.25) is 0 Å². The van der Waals surface area contributed by atoms with Crippen LogP contribution < -0.4 is 9.64 Å². The molecule has 5 heterocycles. The second-order valence-corrected chi connectivity index (χ2v) is 9.32. The number of ether oxygens (including phenoxy) is 1. The van der Waals surface area contributed by atoms with E-state index in [9.17, 15) is 10.1 Å². The number of likely N-dealkylation sites (tertiary alicyclic amines) is 1. The molecule has 1 atom stereocenters. The Balaban J connectivity index is 1.39. The van der Waals surface area contributed by atoms with Gasteiger partial charge in [0, 0.05) is 54.5 Å². The molecule has 3 aromatic rings. The van der Waals surface area contributed by atoms with Crippen molar-refractivity contribution in [3.63, 3.8) is 0 Å². The molecule has 0 saturated carbocycles. The van der Waals surface area contributed by atoms with E-state index in [0.717, 1.165) is 61.5 Å². The minimum absolute atomic E-state index is 0.0648. The first kappa shape index (κ1) is 22.0. The molecule has 1 amide bonds. The molecule has 0 bridgehead atoms. The Morgan fingerprint density at radius 2 is 2.09 bits per heavy atom. The summed E-state index contributed by atoms with van der Waals surface area (Å²) in [5, 5.41) is 13.9. The number of carbonyl (C=O) groups excluding carboxylic acids is 1. The monoisotopic (exact) mass is 456 g/mol. The third kappa shape index (κ3) is 3.77. The summed E-state index contributed by atoms with van der Waals surface area (Å²) in [7, 11) is 0. The minimum atomic E-state index is 0.0648. The van der Waals surface area contributed by atoms with Gasteiger partial charge in [-0.05, 0) is 44.9 Å². The summed E-state index contributed by atoms with van der Waals surface area (Å²) < 4.78 is 7.40. The lowest BCUT2D eigenvalue weighted by Crippen LogP contribution is -2.34. The number of rotatable bonds is 5. The highest BCUT2D eigenvalue weighted by molar-refractivity contribution is 5.92. The highest BCUT2D eigenvalue weighted by Gasteiger charge is 2.45. The maximum absolute atomic E-state index is 12.4. The summed E-state index contributed by atoms with van der Waals surface area (Å²) in [5.74, 6) is 1.68. The van der Waals surface area contributed by atoms with Crippen LogP contribution in [0.3, 0.4) is 0 Å². The van der Waals surface area contributed by atoms with Crippen molar-refractivity contribution < 1.29 is 9.53 Å². The molecule has 0 radical (unpaired) electrons. The van der Waals surface area contributed by atoms with Gasteiger partial charge in [-0.1, -0.05) is 6.58 Å². The van der Waals surface area contributed by atoms with E-state index >= 15 is 0 Å². The Hall–Kier alpha value is -3.86. The highest BCUT2D eigenvalue weighted by atomic mass is 16.5. The summed E-state index contributed by atoms with van der Waals surface area (Å²) in [6.45, 7) is 11.5. The second-order valence-electron chi connectivity index (χ2n) is 9.32. The van der Waals surface area contributed by atoms with Crippen molar-refractivity contribution in [2.24, 2.45) is 5.41 Å². The average Bonchev–Trinajstić information content (AvgIpc) is 3.57. The van der Waals surface area contributed by atoms with E-state index in [1.54, 1.807) is 23.8 Å². The summed E-state index contributed by atoms with van der Waals surface area (Å²) in [6, 6.07) is 8.24. The van der Waals surface area contributed by atoms with E-state index in [-0.39, 0.29) is 11.3 Å². The van der Waals surface area contributed by atoms with Crippen molar-refractivity contribution in [2.45, 2.75) is 26.7 Å². The van der Waals surface area contributed by atoms with Crippen LogP contribution in [0.5, 0.6) is 5.75 Å². The van der Waals surface area contributed by atoms with E-state index in [1.807, 2.05) is 36.2 Å². The quantitative estimate of drug-likeness (QED) is 0.545. The molecule has 34 heavy (non-hydrogen) atoms. The van der Waals surface area contributed by atoms with Gasteiger partial charge in [0.05, 0.1) is 30.1 Å². The number of hydrogen-bond donors (Lipinski definition) is 0. The zero-order chi connectivity index (χ0) is 23.9. The van der Waals surface area contributed by atoms with Gasteiger partial charge in [-0.25, -0.2) is 9.50 Å². The lowest BCUT2D eigenvalue weighted by molar-refractivity contribution is -0.126. The smallest absolute Gasteiger partial charge is 0.248 e. The Morgan fingerprint density at radius 1 is 1.26 bits per heavy atom. The second kappa shape index (κ2) is 8.49. The SMILES string of the molecule is C=C(C)C(=O)N1CCC2(CCN(c3ccc(-c4cc(OCC)cn5ncc(C#N)c45)cn3)C2)C1. The van der Waals surface area contributed by atoms with Crippen LogP contribution in [0.1, 0.15) is 32.3 Å². The number of aromatic nitrogens is 3. The number of nitriles is 1. The molecule has 0 aliphatic carbocycles. The molecule has 2 aliphatic heterocycles. The topological polar surface area (TPSA) is 86.8 Å². The maximum Gasteiger partial charge on any atom is 0.248 e. The van der Waals surface area contributed by atoms with Crippen molar-refractivity contribution in [3.8, 4) is 22.9 Å². The van der Waals surface area contributed by atoms with Crippen molar-refractivity contribution in [3.05, 3.63) is 54.5 Å². The zero-order valence-electron chi connectivity index (χ0n) is 19.6. The van der Waals surface area contributed by atoms with E-state index in [0.29, 0.717) is 23.5 Å². The zero-order valence-corrected chi connectivity index (χ0v) is 19.6. The molecule has 2 saturated heterocycles. The standard InChI is InChI=1S/C26H28N6O2/c1-4-34-21-11-22(24-20(12-27)14-29-32(24)15-21)19-5-6-23(28-13-19)30-9-7-26(16-30)8-10-31(17-26)25(33)18(2)3/h5-6,11,13-15H,2,4,7-10,16-17H2,1,3H3. The molecule has 8 nitrogen and oxygen atoms in total. The highest BCUT2D eigenvalue weighted by Crippen LogP contribution is 2.41. The van der Waals surface area contributed by atoms with Crippen LogP contribution in [-0.4, -0.2) is 58.2 Å². The van der Waals surface area contributed by atoms with Crippen molar-refractivity contribution in [2.75, 3.05) is 37.7 Å². The van der Waals surface area contributed by atoms with Crippen LogP contribution >= 0.6 is 0 Å². The van der Waals surface area contributed by atoms with Crippen LogP contribution in [-0.2, 0) is 4.79 Å². The fourth-order valence-electron chi connectivity index (χ4n) is 5.22. The van der Waals surface area contributed by atoms with E-state index < -0.39 is 0 Å². The number of pyridine rings is 2. The molecule has 1 unspecified atom stereocenters. The molecule has 2 fully saturated rings. The summed E-state index contributed by atoms with van der Waals surface area (Å²) in [5.41, 5.74) is 3.75. The largest absolute Gasteiger partial charge is 0.492 e. The lowest BCUT2D eigenvalue weighted by atomic mass is 9.86. The van der Waals surface area contributed by atoms with Gasteiger partial charge in [-0.3, -0.25) is 4.79 Å². The van der Waals surface area contributed by atoms with Gasteiger partial charge >= 0.3 is 0 Å².